The van der Waals surface area contributed by atoms with Gasteiger partial charge in [-0.3, -0.25) is 0 Å². The molecule has 0 bridgehead atoms. The number of aliphatic imine (C=N–C) groups is 1. The van der Waals surface area contributed by atoms with Crippen LogP contribution in [-0.4, -0.2) is 39.5 Å². The zero-order valence-corrected chi connectivity index (χ0v) is 18.7. The maximum absolute atomic E-state index is 12.3. The molecule has 0 heterocycles. The second kappa shape index (κ2) is 8.35. The number of sulfone groups is 1. The van der Waals surface area contributed by atoms with E-state index in [1.807, 2.05) is 44.0 Å². The fourth-order valence-electron chi connectivity index (χ4n) is 2.66. The van der Waals surface area contributed by atoms with Gasteiger partial charge in [0, 0.05) is 31.2 Å². The van der Waals surface area contributed by atoms with Crippen molar-refractivity contribution in [2.75, 3.05) is 25.2 Å². The Bertz CT molecular complexity index is 957. The molecule has 0 aliphatic rings. The van der Waals surface area contributed by atoms with Gasteiger partial charge < -0.3 is 10.2 Å². The van der Waals surface area contributed by atoms with E-state index in [4.69, 9.17) is 0 Å². The molecule has 0 aliphatic heterocycles. The first-order valence-corrected chi connectivity index (χ1v) is 11.3. The van der Waals surface area contributed by atoms with Gasteiger partial charge >= 0.3 is 0 Å². The number of nitrogens with zero attached hydrogens (tertiary/aromatic N) is 2. The van der Waals surface area contributed by atoms with E-state index >= 15 is 0 Å². The second-order valence-electron chi connectivity index (χ2n) is 8.18. The minimum absolute atomic E-state index is 0.0865. The van der Waals surface area contributed by atoms with Crippen molar-refractivity contribution in [3.63, 3.8) is 0 Å². The van der Waals surface area contributed by atoms with Crippen molar-refractivity contribution in [1.82, 2.24) is 4.90 Å². The molecule has 5 nitrogen and oxygen atoms in total. The number of aryl methyl sites for hydroxylation is 1. The molecular formula is C22H31N3O2S. The van der Waals surface area contributed by atoms with Gasteiger partial charge in [0.15, 0.2) is 9.84 Å². The summed E-state index contributed by atoms with van der Waals surface area (Å²) < 4.78 is 24.6. The van der Waals surface area contributed by atoms with Crippen LogP contribution < -0.4 is 5.32 Å². The number of hydrogen-bond donors (Lipinski definition) is 1. The van der Waals surface area contributed by atoms with Crippen LogP contribution in [0.1, 0.15) is 38.8 Å². The average molecular weight is 402 g/mol. The highest BCUT2D eigenvalue weighted by molar-refractivity contribution is 7.90. The lowest BCUT2D eigenvalue weighted by molar-refractivity contribution is 0.552. The Balaban J connectivity index is 2.42. The Hall–Kier alpha value is -2.34. The van der Waals surface area contributed by atoms with Crippen LogP contribution in [0.3, 0.4) is 0 Å². The largest absolute Gasteiger partial charge is 0.366 e. The fraction of sp³-hybridized carbons (Fsp3) is 0.409. The van der Waals surface area contributed by atoms with E-state index in [2.05, 4.69) is 43.2 Å². The first-order valence-electron chi connectivity index (χ1n) is 9.38. The smallest absolute Gasteiger partial charge is 0.177 e. The Labute approximate surface area is 169 Å². The van der Waals surface area contributed by atoms with Crippen molar-refractivity contribution in [2.45, 2.75) is 44.9 Å². The number of anilines is 2. The van der Waals surface area contributed by atoms with Gasteiger partial charge in [-0.2, -0.15) is 0 Å². The first kappa shape index (κ1) is 22.0. The molecular weight excluding hydrogens is 370 g/mol. The summed E-state index contributed by atoms with van der Waals surface area (Å²) in [5.74, 6) is 0. The number of rotatable bonds is 6. The summed E-state index contributed by atoms with van der Waals surface area (Å²) in [7, 11) is -1.52. The highest BCUT2D eigenvalue weighted by Gasteiger charge is 2.17. The Morgan fingerprint density at radius 1 is 1.14 bits per heavy atom. The molecule has 152 valence electrons. The molecule has 2 aromatic carbocycles. The zero-order chi connectivity index (χ0) is 21.1. The Kier molecular flexibility index (Phi) is 6.55. The van der Waals surface area contributed by atoms with Crippen molar-refractivity contribution in [3.8, 4) is 0 Å². The molecule has 0 radical (unpaired) electrons. The normalized spacial score (nSPS) is 12.4. The standard InChI is InChI=1S/C22H31N3O2S/c1-8-25(6)15-23-20-13-16(2)19(14-21(20)28(7,26)27)24-18-11-9-17(10-12-18)22(3,4)5/h9-15,24H,8H2,1-7H3. The monoisotopic (exact) mass is 401 g/mol. The predicted molar refractivity (Wildman–Crippen MR) is 119 cm³/mol. The molecule has 0 aliphatic carbocycles. The van der Waals surface area contributed by atoms with E-state index in [9.17, 15) is 8.42 Å². The zero-order valence-electron chi connectivity index (χ0n) is 17.9. The Morgan fingerprint density at radius 3 is 2.25 bits per heavy atom. The molecule has 6 heteroatoms. The topological polar surface area (TPSA) is 61.8 Å². The van der Waals surface area contributed by atoms with E-state index < -0.39 is 9.84 Å². The van der Waals surface area contributed by atoms with E-state index in [1.165, 1.54) is 11.8 Å². The van der Waals surface area contributed by atoms with Gasteiger partial charge in [-0.1, -0.05) is 32.9 Å². The summed E-state index contributed by atoms with van der Waals surface area (Å²) >= 11 is 0. The number of benzene rings is 2. The van der Waals surface area contributed by atoms with Crippen LogP contribution in [0.5, 0.6) is 0 Å². The van der Waals surface area contributed by atoms with Crippen molar-refractivity contribution < 1.29 is 8.42 Å². The first-order chi connectivity index (χ1) is 12.9. The predicted octanol–water partition coefficient (Wildman–Crippen LogP) is 5.05. The van der Waals surface area contributed by atoms with Gasteiger partial charge in [0.05, 0.1) is 16.9 Å². The van der Waals surface area contributed by atoms with Crippen LogP contribution in [-0.2, 0) is 15.3 Å². The van der Waals surface area contributed by atoms with Crippen molar-refractivity contribution in [1.29, 1.82) is 0 Å². The minimum Gasteiger partial charge on any atom is -0.366 e. The average Bonchev–Trinajstić information content (AvgIpc) is 2.60. The van der Waals surface area contributed by atoms with Crippen molar-refractivity contribution >= 4 is 33.2 Å². The summed E-state index contributed by atoms with van der Waals surface area (Å²) in [6, 6.07) is 11.7. The van der Waals surface area contributed by atoms with Gasteiger partial charge in [-0.25, -0.2) is 13.4 Å². The Morgan fingerprint density at radius 2 is 1.75 bits per heavy atom. The van der Waals surface area contributed by atoms with E-state index in [1.54, 1.807) is 12.4 Å². The van der Waals surface area contributed by atoms with Crippen molar-refractivity contribution in [2.24, 2.45) is 4.99 Å². The molecule has 2 rings (SSSR count). The lowest BCUT2D eigenvalue weighted by atomic mass is 9.87. The quantitative estimate of drug-likeness (QED) is 0.543. The molecule has 0 saturated carbocycles. The van der Waals surface area contributed by atoms with Crippen LogP contribution in [0.4, 0.5) is 17.1 Å². The molecule has 0 unspecified atom stereocenters. The number of hydrogen-bond acceptors (Lipinski definition) is 4. The van der Waals surface area contributed by atoms with Crippen molar-refractivity contribution in [3.05, 3.63) is 47.5 Å². The molecule has 0 saturated heterocycles. The summed E-state index contributed by atoms with van der Waals surface area (Å²) in [5.41, 5.74) is 4.39. The molecule has 0 fully saturated rings. The van der Waals surface area contributed by atoms with Crippen LogP contribution in [0, 0.1) is 6.92 Å². The van der Waals surface area contributed by atoms with Crippen LogP contribution in [0.25, 0.3) is 0 Å². The van der Waals surface area contributed by atoms with Crippen LogP contribution in [0.2, 0.25) is 0 Å². The third kappa shape index (κ3) is 5.58. The fourth-order valence-corrected chi connectivity index (χ4v) is 3.48. The van der Waals surface area contributed by atoms with E-state index in [0.717, 1.165) is 23.5 Å². The van der Waals surface area contributed by atoms with Gasteiger partial charge in [0.2, 0.25) is 0 Å². The third-order valence-electron chi connectivity index (χ3n) is 4.63. The maximum atomic E-state index is 12.3. The summed E-state index contributed by atoms with van der Waals surface area (Å²) in [4.78, 5) is 6.49. The van der Waals surface area contributed by atoms with E-state index in [0.29, 0.717) is 5.69 Å². The molecule has 0 atom stereocenters. The van der Waals surface area contributed by atoms with Gasteiger partial charge in [0.1, 0.15) is 0 Å². The second-order valence-corrected chi connectivity index (χ2v) is 10.2. The summed E-state index contributed by atoms with van der Waals surface area (Å²) in [6.07, 6.45) is 2.86. The maximum Gasteiger partial charge on any atom is 0.177 e. The highest BCUT2D eigenvalue weighted by atomic mass is 32.2. The SMILES string of the molecule is CCN(C)C=Nc1cc(C)c(Nc2ccc(C(C)(C)C)cc2)cc1S(C)(=O)=O. The summed E-state index contributed by atoms with van der Waals surface area (Å²) in [6.45, 7) is 11.3. The molecule has 0 spiro atoms. The molecule has 0 aromatic heterocycles. The van der Waals surface area contributed by atoms with E-state index in [-0.39, 0.29) is 10.3 Å². The lowest BCUT2D eigenvalue weighted by Gasteiger charge is -2.20. The highest BCUT2D eigenvalue weighted by Crippen LogP contribution is 2.33. The molecule has 2 aromatic rings. The minimum atomic E-state index is -3.42. The lowest BCUT2D eigenvalue weighted by Crippen LogP contribution is -2.14. The summed E-state index contributed by atoms with van der Waals surface area (Å²) in [5, 5.41) is 3.34. The van der Waals surface area contributed by atoms with Crippen LogP contribution in [0.15, 0.2) is 46.3 Å². The molecule has 28 heavy (non-hydrogen) atoms. The van der Waals surface area contributed by atoms with Crippen LogP contribution >= 0.6 is 0 Å². The van der Waals surface area contributed by atoms with Gasteiger partial charge in [-0.05, 0) is 54.7 Å². The molecule has 0 amide bonds. The van der Waals surface area contributed by atoms with Gasteiger partial charge in [0.25, 0.3) is 0 Å². The third-order valence-corrected chi connectivity index (χ3v) is 5.75. The van der Waals surface area contributed by atoms with Gasteiger partial charge in [-0.15, -0.1) is 0 Å². The number of nitrogens with one attached hydrogen (secondary N) is 1. The molecule has 1 N–H and O–H groups in total.